The average molecular weight is 413 g/mol. The zero-order valence-electron chi connectivity index (χ0n) is 14.5. The second-order valence-corrected chi connectivity index (χ2v) is 8.99. The Bertz CT molecular complexity index is 770. The van der Waals surface area contributed by atoms with Crippen molar-refractivity contribution in [1.82, 2.24) is 15.2 Å². The number of hydrogen-bond acceptors (Lipinski definition) is 5. The summed E-state index contributed by atoms with van der Waals surface area (Å²) in [4.78, 5) is 31.4. The molecule has 0 aliphatic heterocycles. The van der Waals surface area contributed by atoms with Crippen molar-refractivity contribution < 1.29 is 9.59 Å². The Labute approximate surface area is 165 Å². The number of urea groups is 1. The third-order valence-electron chi connectivity index (χ3n) is 4.30. The van der Waals surface area contributed by atoms with E-state index in [4.69, 9.17) is 11.6 Å². The Hall–Kier alpha value is -1.64. The average Bonchev–Trinajstić information content (AvgIpc) is 3.35. The predicted octanol–water partition coefficient (Wildman–Crippen LogP) is 4.33. The van der Waals surface area contributed by atoms with Crippen LogP contribution in [0.1, 0.15) is 36.3 Å². The highest BCUT2D eigenvalue weighted by molar-refractivity contribution is 7.16. The predicted molar refractivity (Wildman–Crippen MR) is 106 cm³/mol. The molecule has 0 radical (unpaired) electrons. The van der Waals surface area contributed by atoms with Crippen LogP contribution < -0.4 is 10.6 Å². The van der Waals surface area contributed by atoms with Crippen LogP contribution in [-0.2, 0) is 17.9 Å². The zero-order chi connectivity index (χ0) is 18.5. The molecule has 3 rings (SSSR count). The number of anilines is 1. The summed E-state index contributed by atoms with van der Waals surface area (Å²) >= 11 is 8.65. The van der Waals surface area contributed by atoms with E-state index < -0.39 is 0 Å². The number of halogens is 1. The van der Waals surface area contributed by atoms with Crippen molar-refractivity contribution in [3.8, 4) is 0 Å². The maximum Gasteiger partial charge on any atom is 0.321 e. The van der Waals surface area contributed by atoms with E-state index in [9.17, 15) is 9.59 Å². The summed E-state index contributed by atoms with van der Waals surface area (Å²) in [5, 5.41) is 7.88. The number of carbonyl (C=O) groups excluding carboxylic acids is 2. The van der Waals surface area contributed by atoms with Gasteiger partial charge in [0.2, 0.25) is 5.91 Å². The molecule has 0 aromatic carbocycles. The van der Waals surface area contributed by atoms with Crippen LogP contribution >= 0.6 is 34.3 Å². The molecular weight excluding hydrogens is 392 g/mol. The highest BCUT2D eigenvalue weighted by Crippen LogP contribution is 2.27. The molecule has 2 heterocycles. The first-order chi connectivity index (χ1) is 12.5. The molecule has 1 saturated carbocycles. The largest absolute Gasteiger partial charge is 0.340 e. The molecule has 0 bridgehead atoms. The third kappa shape index (κ3) is 5.18. The van der Waals surface area contributed by atoms with E-state index in [1.807, 2.05) is 18.5 Å². The van der Waals surface area contributed by atoms with Crippen LogP contribution in [0.4, 0.5) is 9.93 Å². The van der Waals surface area contributed by atoms with Crippen molar-refractivity contribution in [3.05, 3.63) is 32.4 Å². The molecule has 3 amide bonds. The summed E-state index contributed by atoms with van der Waals surface area (Å²) in [5.74, 6) is 0.352. The van der Waals surface area contributed by atoms with Gasteiger partial charge in [0.05, 0.1) is 23.1 Å². The van der Waals surface area contributed by atoms with Gasteiger partial charge < -0.3 is 10.2 Å². The van der Waals surface area contributed by atoms with E-state index in [2.05, 4.69) is 15.6 Å². The molecule has 2 aromatic heterocycles. The Morgan fingerprint density at radius 1 is 1.35 bits per heavy atom. The standard InChI is InChI=1S/C17H21ClN4O2S2/c1-22(15(23)11-4-2-3-5-11)9-12-10-25-17(20-12)21-16(24)19-8-13-6-7-14(18)26-13/h6-7,10-11H,2-5,8-9H2,1H3,(H2,19,20,21,24). The van der Waals surface area contributed by atoms with Crippen LogP contribution in [0.25, 0.3) is 0 Å². The van der Waals surface area contributed by atoms with Crippen molar-refractivity contribution in [2.24, 2.45) is 5.92 Å². The lowest BCUT2D eigenvalue weighted by Crippen LogP contribution is -2.31. The minimum Gasteiger partial charge on any atom is -0.340 e. The number of rotatable bonds is 6. The summed E-state index contributed by atoms with van der Waals surface area (Å²) in [7, 11) is 1.81. The number of nitrogens with zero attached hydrogens (tertiary/aromatic N) is 2. The van der Waals surface area contributed by atoms with Crippen LogP contribution in [-0.4, -0.2) is 28.9 Å². The lowest BCUT2D eigenvalue weighted by molar-refractivity contribution is -0.134. The number of thiazole rings is 1. The second-order valence-electron chi connectivity index (χ2n) is 6.33. The van der Waals surface area contributed by atoms with Crippen molar-refractivity contribution in [3.63, 3.8) is 0 Å². The molecule has 0 saturated heterocycles. The summed E-state index contributed by atoms with van der Waals surface area (Å²) < 4.78 is 0.697. The van der Waals surface area contributed by atoms with Crippen molar-refractivity contribution in [2.45, 2.75) is 38.8 Å². The van der Waals surface area contributed by atoms with Crippen molar-refractivity contribution in [2.75, 3.05) is 12.4 Å². The van der Waals surface area contributed by atoms with Gasteiger partial charge in [-0.2, -0.15) is 0 Å². The van der Waals surface area contributed by atoms with Crippen molar-refractivity contribution >= 4 is 51.3 Å². The number of hydrogen-bond donors (Lipinski definition) is 2. The monoisotopic (exact) mass is 412 g/mol. The summed E-state index contributed by atoms with van der Waals surface area (Å²) in [6.07, 6.45) is 4.26. The van der Waals surface area contributed by atoms with Gasteiger partial charge in [-0.05, 0) is 25.0 Å². The van der Waals surface area contributed by atoms with Gasteiger partial charge in [-0.25, -0.2) is 9.78 Å². The number of nitrogens with one attached hydrogen (secondary N) is 2. The van der Waals surface area contributed by atoms with Crippen molar-refractivity contribution in [1.29, 1.82) is 0 Å². The van der Waals surface area contributed by atoms with E-state index in [0.717, 1.165) is 36.3 Å². The molecule has 1 aliphatic carbocycles. The van der Waals surface area contributed by atoms with Gasteiger partial charge in [-0.1, -0.05) is 24.4 Å². The Kier molecular flexibility index (Phi) is 6.50. The van der Waals surface area contributed by atoms with E-state index >= 15 is 0 Å². The number of carbonyl (C=O) groups is 2. The minimum absolute atomic E-state index is 0.160. The molecular formula is C17H21ClN4O2S2. The summed E-state index contributed by atoms with van der Waals surface area (Å²) in [6.45, 7) is 0.878. The topological polar surface area (TPSA) is 74.3 Å². The van der Waals surface area contributed by atoms with Gasteiger partial charge in [0.15, 0.2) is 5.13 Å². The molecule has 0 atom stereocenters. The molecule has 9 heteroatoms. The van der Waals surface area contributed by atoms with Gasteiger partial charge in [-0.15, -0.1) is 22.7 Å². The molecule has 26 heavy (non-hydrogen) atoms. The van der Waals surface area contributed by atoms with Crippen LogP contribution in [0.15, 0.2) is 17.5 Å². The van der Waals surface area contributed by atoms with Gasteiger partial charge in [-0.3, -0.25) is 10.1 Å². The fourth-order valence-corrected chi connectivity index (χ4v) is 4.72. The van der Waals surface area contributed by atoms with Gasteiger partial charge in [0, 0.05) is 23.2 Å². The molecule has 1 aliphatic rings. The van der Waals surface area contributed by atoms with Crippen LogP contribution in [0.5, 0.6) is 0 Å². The van der Waals surface area contributed by atoms with E-state index in [1.165, 1.54) is 22.7 Å². The minimum atomic E-state index is -0.314. The van der Waals surface area contributed by atoms with Gasteiger partial charge in [0.25, 0.3) is 0 Å². The molecule has 2 N–H and O–H groups in total. The van der Waals surface area contributed by atoms with E-state index in [-0.39, 0.29) is 17.9 Å². The fraction of sp³-hybridized carbons (Fsp3) is 0.471. The molecule has 0 unspecified atom stereocenters. The van der Waals surface area contributed by atoms with Gasteiger partial charge in [0.1, 0.15) is 0 Å². The Balaban J connectivity index is 1.46. The van der Waals surface area contributed by atoms with Gasteiger partial charge >= 0.3 is 6.03 Å². The maximum atomic E-state index is 12.4. The number of aromatic nitrogens is 1. The van der Waals surface area contributed by atoms with Crippen LogP contribution in [0, 0.1) is 5.92 Å². The first-order valence-electron chi connectivity index (χ1n) is 8.49. The first-order valence-corrected chi connectivity index (χ1v) is 10.6. The van der Waals surface area contributed by atoms with Crippen LogP contribution in [0.2, 0.25) is 4.34 Å². The third-order valence-corrected chi connectivity index (χ3v) is 6.34. The number of thiophene rings is 1. The second kappa shape index (κ2) is 8.83. The molecule has 0 spiro atoms. The highest BCUT2D eigenvalue weighted by atomic mass is 35.5. The lowest BCUT2D eigenvalue weighted by atomic mass is 10.1. The highest BCUT2D eigenvalue weighted by Gasteiger charge is 2.25. The summed E-state index contributed by atoms with van der Waals surface area (Å²) in [6, 6.07) is 3.37. The summed E-state index contributed by atoms with van der Waals surface area (Å²) in [5.41, 5.74) is 0.782. The van der Waals surface area contributed by atoms with E-state index in [1.54, 1.807) is 11.0 Å². The quantitative estimate of drug-likeness (QED) is 0.741. The molecule has 6 nitrogen and oxygen atoms in total. The van der Waals surface area contributed by atoms with Crippen LogP contribution in [0.3, 0.4) is 0 Å². The first kappa shape index (κ1) is 19.1. The molecule has 140 valence electrons. The van der Waals surface area contributed by atoms with E-state index in [0.29, 0.717) is 22.6 Å². The SMILES string of the molecule is CN(Cc1csc(NC(=O)NCc2ccc(Cl)s2)n1)C(=O)C1CCCC1. The smallest absolute Gasteiger partial charge is 0.321 e. The Morgan fingerprint density at radius 3 is 2.81 bits per heavy atom. The lowest BCUT2D eigenvalue weighted by Gasteiger charge is -2.19. The molecule has 2 aromatic rings. The zero-order valence-corrected chi connectivity index (χ0v) is 16.8. The Morgan fingerprint density at radius 2 is 2.12 bits per heavy atom. The number of amides is 3. The normalized spacial score (nSPS) is 14.4. The molecule has 1 fully saturated rings. The fourth-order valence-electron chi connectivity index (χ4n) is 3.00. The maximum absolute atomic E-state index is 12.4.